The highest BCUT2D eigenvalue weighted by Crippen LogP contribution is 2.67. The summed E-state index contributed by atoms with van der Waals surface area (Å²) in [5.74, 6) is 0.403. The molecule has 0 aliphatic heterocycles. The second kappa shape index (κ2) is 4.50. The van der Waals surface area contributed by atoms with Crippen molar-refractivity contribution < 1.29 is 4.39 Å². The summed E-state index contributed by atoms with van der Waals surface area (Å²) < 4.78 is 13.2. The van der Waals surface area contributed by atoms with Crippen molar-refractivity contribution in [3.8, 4) is 0 Å². The maximum atomic E-state index is 13.2. The maximum Gasteiger partial charge on any atom is 0.125 e. The van der Waals surface area contributed by atoms with E-state index in [2.05, 4.69) is 33.0 Å². The molecule has 18 heavy (non-hydrogen) atoms. The first kappa shape index (κ1) is 13.8. The van der Waals surface area contributed by atoms with Crippen LogP contribution < -0.4 is 5.32 Å². The molecule has 2 rings (SSSR count). The van der Waals surface area contributed by atoms with Gasteiger partial charge in [-0.15, -0.1) is 0 Å². The molecule has 1 saturated carbocycles. The van der Waals surface area contributed by atoms with Gasteiger partial charge in [-0.25, -0.2) is 4.39 Å². The third-order valence-electron chi connectivity index (χ3n) is 4.92. The van der Waals surface area contributed by atoms with Crippen LogP contribution in [0.5, 0.6) is 0 Å². The van der Waals surface area contributed by atoms with Gasteiger partial charge in [0.15, 0.2) is 0 Å². The molecule has 1 nitrogen and oxygen atoms in total. The molecule has 0 saturated heterocycles. The average molecular weight is 270 g/mol. The predicted molar refractivity (Wildman–Crippen MR) is 74.2 cm³/mol. The molecule has 0 bridgehead atoms. The summed E-state index contributed by atoms with van der Waals surface area (Å²) in [4.78, 5) is 0. The summed E-state index contributed by atoms with van der Waals surface area (Å²) in [7, 11) is 0. The minimum atomic E-state index is -0.272. The Morgan fingerprint density at radius 2 is 1.78 bits per heavy atom. The van der Waals surface area contributed by atoms with E-state index in [1.54, 1.807) is 6.07 Å². The summed E-state index contributed by atoms with van der Waals surface area (Å²) in [6, 6.07) is 4.67. The zero-order valence-corrected chi connectivity index (χ0v) is 12.2. The largest absolute Gasteiger partial charge is 0.312 e. The molecule has 1 aliphatic rings. The number of hydrogen-bond acceptors (Lipinski definition) is 1. The Balaban J connectivity index is 1.87. The van der Waals surface area contributed by atoms with Crippen LogP contribution in [0, 0.1) is 22.6 Å². The van der Waals surface area contributed by atoms with E-state index in [9.17, 15) is 4.39 Å². The van der Waals surface area contributed by atoms with Crippen molar-refractivity contribution >= 4 is 11.6 Å². The SMILES string of the molecule is CC1(C)C(CNCc2cc(F)cc(Cl)c2)C1(C)C. The van der Waals surface area contributed by atoms with Crippen molar-refractivity contribution in [1.29, 1.82) is 0 Å². The Bertz CT molecular complexity index is 420. The normalized spacial score (nSPS) is 21.0. The molecule has 100 valence electrons. The monoisotopic (exact) mass is 269 g/mol. The Morgan fingerprint density at radius 1 is 1.17 bits per heavy atom. The van der Waals surface area contributed by atoms with Crippen LogP contribution in [-0.4, -0.2) is 6.54 Å². The van der Waals surface area contributed by atoms with Crippen LogP contribution in [0.3, 0.4) is 0 Å². The molecule has 0 heterocycles. The molecule has 0 radical (unpaired) electrons. The van der Waals surface area contributed by atoms with Crippen LogP contribution in [0.1, 0.15) is 33.3 Å². The molecule has 0 aromatic heterocycles. The highest BCUT2D eigenvalue weighted by Gasteiger charge is 2.63. The first-order chi connectivity index (χ1) is 8.25. The van der Waals surface area contributed by atoms with Gasteiger partial charge in [-0.05, 0) is 47.1 Å². The summed E-state index contributed by atoms with van der Waals surface area (Å²) in [6.45, 7) is 10.8. The van der Waals surface area contributed by atoms with Gasteiger partial charge < -0.3 is 5.32 Å². The Labute approximate surface area is 114 Å². The second-order valence-corrected chi connectivity index (χ2v) is 6.84. The molecule has 1 N–H and O–H groups in total. The van der Waals surface area contributed by atoms with Gasteiger partial charge in [0.1, 0.15) is 5.82 Å². The average Bonchev–Trinajstić information content (AvgIpc) is 2.59. The minimum Gasteiger partial charge on any atom is -0.312 e. The van der Waals surface area contributed by atoms with Gasteiger partial charge in [0.2, 0.25) is 0 Å². The summed E-state index contributed by atoms with van der Waals surface area (Å²) in [5.41, 5.74) is 1.68. The second-order valence-electron chi connectivity index (χ2n) is 6.40. The third-order valence-corrected chi connectivity index (χ3v) is 5.14. The zero-order chi connectivity index (χ0) is 13.6. The van der Waals surface area contributed by atoms with E-state index in [1.807, 2.05) is 0 Å². The highest BCUT2D eigenvalue weighted by atomic mass is 35.5. The summed E-state index contributed by atoms with van der Waals surface area (Å²) in [6.07, 6.45) is 0. The van der Waals surface area contributed by atoms with E-state index >= 15 is 0 Å². The van der Waals surface area contributed by atoms with Crippen molar-refractivity contribution in [1.82, 2.24) is 5.32 Å². The van der Waals surface area contributed by atoms with Crippen molar-refractivity contribution in [3.63, 3.8) is 0 Å². The highest BCUT2D eigenvalue weighted by molar-refractivity contribution is 6.30. The number of nitrogens with one attached hydrogen (secondary N) is 1. The number of hydrogen-bond donors (Lipinski definition) is 1. The summed E-state index contributed by atoms with van der Waals surface area (Å²) >= 11 is 5.83. The standard InChI is InChI=1S/C15H21ClFN/c1-14(2)13(15(14,3)4)9-18-8-10-5-11(16)7-12(17)6-10/h5-7,13,18H,8-9H2,1-4H3. The number of halogens is 2. The van der Waals surface area contributed by atoms with Crippen LogP contribution >= 0.6 is 11.6 Å². The molecule has 0 unspecified atom stereocenters. The van der Waals surface area contributed by atoms with E-state index in [0.29, 0.717) is 28.3 Å². The topological polar surface area (TPSA) is 12.0 Å². The lowest BCUT2D eigenvalue weighted by Gasteiger charge is -2.07. The van der Waals surface area contributed by atoms with Gasteiger partial charge in [0.05, 0.1) is 0 Å². The van der Waals surface area contributed by atoms with E-state index in [0.717, 1.165) is 12.1 Å². The van der Waals surface area contributed by atoms with Crippen molar-refractivity contribution in [2.75, 3.05) is 6.54 Å². The van der Waals surface area contributed by atoms with Crippen LogP contribution in [0.2, 0.25) is 5.02 Å². The van der Waals surface area contributed by atoms with Gasteiger partial charge in [0, 0.05) is 11.6 Å². The van der Waals surface area contributed by atoms with Crippen LogP contribution in [-0.2, 0) is 6.54 Å². The zero-order valence-electron chi connectivity index (χ0n) is 11.5. The van der Waals surface area contributed by atoms with E-state index in [1.165, 1.54) is 12.1 Å². The van der Waals surface area contributed by atoms with Gasteiger partial charge in [-0.1, -0.05) is 39.3 Å². The molecule has 1 fully saturated rings. The fourth-order valence-electron chi connectivity index (χ4n) is 2.92. The lowest BCUT2D eigenvalue weighted by Crippen LogP contribution is -2.18. The lowest BCUT2D eigenvalue weighted by atomic mass is 10.0. The fourth-order valence-corrected chi connectivity index (χ4v) is 3.16. The van der Waals surface area contributed by atoms with E-state index in [-0.39, 0.29) is 5.82 Å². The van der Waals surface area contributed by atoms with Gasteiger partial charge in [-0.3, -0.25) is 0 Å². The van der Waals surface area contributed by atoms with E-state index < -0.39 is 0 Å². The number of benzene rings is 1. The van der Waals surface area contributed by atoms with Crippen LogP contribution in [0.25, 0.3) is 0 Å². The molecule has 3 heteroatoms. The Hall–Kier alpha value is -0.600. The molecule has 0 spiro atoms. The quantitative estimate of drug-likeness (QED) is 0.862. The number of rotatable bonds is 4. The molecule has 1 aliphatic carbocycles. The van der Waals surface area contributed by atoms with Gasteiger partial charge in [-0.2, -0.15) is 0 Å². The molecule has 1 aromatic rings. The maximum absolute atomic E-state index is 13.2. The van der Waals surface area contributed by atoms with Crippen LogP contribution in [0.15, 0.2) is 18.2 Å². The van der Waals surface area contributed by atoms with Crippen molar-refractivity contribution in [2.45, 2.75) is 34.2 Å². The Kier molecular flexibility index (Phi) is 3.46. The minimum absolute atomic E-state index is 0.272. The third kappa shape index (κ3) is 2.41. The van der Waals surface area contributed by atoms with Crippen molar-refractivity contribution in [2.24, 2.45) is 16.7 Å². The fraction of sp³-hybridized carbons (Fsp3) is 0.600. The van der Waals surface area contributed by atoms with Gasteiger partial charge in [0.25, 0.3) is 0 Å². The summed E-state index contributed by atoms with van der Waals surface area (Å²) in [5, 5.41) is 3.86. The molecular formula is C15H21ClFN. The van der Waals surface area contributed by atoms with Crippen molar-refractivity contribution in [3.05, 3.63) is 34.6 Å². The van der Waals surface area contributed by atoms with E-state index in [4.69, 9.17) is 11.6 Å². The lowest BCUT2D eigenvalue weighted by molar-refractivity contribution is 0.457. The Morgan fingerprint density at radius 3 is 2.28 bits per heavy atom. The first-order valence-corrected chi connectivity index (χ1v) is 6.78. The molecule has 1 aromatic carbocycles. The smallest absolute Gasteiger partial charge is 0.125 e. The van der Waals surface area contributed by atoms with Crippen LogP contribution in [0.4, 0.5) is 4.39 Å². The predicted octanol–water partition coefficient (Wildman–Crippen LogP) is 4.25. The molecule has 0 atom stereocenters. The molecule has 0 amide bonds. The van der Waals surface area contributed by atoms with Gasteiger partial charge >= 0.3 is 0 Å². The first-order valence-electron chi connectivity index (χ1n) is 6.41. The molecular weight excluding hydrogens is 249 g/mol.